The fourth-order valence-electron chi connectivity index (χ4n) is 3.22. The van der Waals surface area contributed by atoms with E-state index in [1.165, 1.54) is 0 Å². The normalized spacial score (nSPS) is 48.0. The lowest BCUT2D eigenvalue weighted by molar-refractivity contribution is 0.0548. The van der Waals surface area contributed by atoms with E-state index in [9.17, 15) is 17.6 Å². The highest BCUT2D eigenvalue weighted by molar-refractivity contribution is 4.85. The fourth-order valence-corrected chi connectivity index (χ4v) is 3.22. The number of rotatable bonds is 2. The summed E-state index contributed by atoms with van der Waals surface area (Å²) < 4.78 is 52.3. The van der Waals surface area contributed by atoms with Crippen LogP contribution in [0.3, 0.4) is 0 Å². The summed E-state index contributed by atoms with van der Waals surface area (Å²) in [7, 11) is 0. The minimum atomic E-state index is -1.35. The summed E-state index contributed by atoms with van der Waals surface area (Å²) in [6, 6.07) is 0. The van der Waals surface area contributed by atoms with Gasteiger partial charge in [-0.05, 0) is 56.8 Å². The molecule has 0 aromatic carbocycles. The number of hydrogen-bond donors (Lipinski definition) is 0. The van der Waals surface area contributed by atoms with Gasteiger partial charge in [-0.15, -0.1) is 0 Å². The van der Waals surface area contributed by atoms with E-state index in [-0.39, 0.29) is 37.5 Å². The van der Waals surface area contributed by atoms with Gasteiger partial charge in [-0.3, -0.25) is 0 Å². The molecule has 0 saturated heterocycles. The summed E-state index contributed by atoms with van der Waals surface area (Å²) in [6.07, 6.45) is -2.15. The average molecular weight is 252 g/mol. The van der Waals surface area contributed by atoms with Crippen molar-refractivity contribution in [1.82, 2.24) is 0 Å². The predicted octanol–water partition coefficient (Wildman–Crippen LogP) is 4.33. The molecular formula is C13H20F4. The molecule has 0 nitrogen and oxygen atoms in total. The molecule has 0 aromatic heterocycles. The number of alkyl halides is 4. The maximum Gasteiger partial charge on any atom is 0.131 e. The highest BCUT2D eigenvalue weighted by atomic mass is 19.2. The van der Waals surface area contributed by atoms with Crippen LogP contribution in [-0.4, -0.2) is 24.7 Å². The third-order valence-electron chi connectivity index (χ3n) is 4.27. The number of hydrogen-bond acceptors (Lipinski definition) is 0. The summed E-state index contributed by atoms with van der Waals surface area (Å²) in [5.74, 6) is 0.315. The predicted molar refractivity (Wildman–Crippen MR) is 58.9 cm³/mol. The second-order valence-electron chi connectivity index (χ2n) is 5.66. The highest BCUT2D eigenvalue weighted by Gasteiger charge is 2.35. The van der Waals surface area contributed by atoms with Gasteiger partial charge in [0.25, 0.3) is 0 Å². The molecule has 6 unspecified atom stereocenters. The molecule has 2 fully saturated rings. The first-order valence-electron chi connectivity index (χ1n) is 6.62. The number of halogens is 4. The van der Waals surface area contributed by atoms with Crippen molar-refractivity contribution in [3.8, 4) is 0 Å². The summed E-state index contributed by atoms with van der Waals surface area (Å²) >= 11 is 0. The fraction of sp³-hybridized carbons (Fsp3) is 1.00. The monoisotopic (exact) mass is 252 g/mol. The van der Waals surface area contributed by atoms with E-state index < -0.39 is 24.7 Å². The summed E-state index contributed by atoms with van der Waals surface area (Å²) in [6.45, 7) is 0. The van der Waals surface area contributed by atoms with Crippen LogP contribution < -0.4 is 0 Å². The molecule has 4 heteroatoms. The van der Waals surface area contributed by atoms with Gasteiger partial charge in [0.15, 0.2) is 0 Å². The molecule has 2 rings (SSSR count). The van der Waals surface area contributed by atoms with E-state index in [0.717, 1.165) is 6.42 Å². The van der Waals surface area contributed by atoms with E-state index in [0.29, 0.717) is 12.8 Å². The van der Waals surface area contributed by atoms with E-state index in [1.807, 2.05) is 0 Å². The van der Waals surface area contributed by atoms with Gasteiger partial charge in [0, 0.05) is 0 Å². The van der Waals surface area contributed by atoms with Crippen molar-refractivity contribution in [3.05, 3.63) is 0 Å². The van der Waals surface area contributed by atoms with Crippen LogP contribution in [0.5, 0.6) is 0 Å². The lowest BCUT2D eigenvalue weighted by Gasteiger charge is -2.33. The Kier molecular flexibility index (Phi) is 4.31. The first-order valence-corrected chi connectivity index (χ1v) is 6.62. The van der Waals surface area contributed by atoms with Crippen LogP contribution >= 0.6 is 0 Å². The molecule has 0 spiro atoms. The van der Waals surface area contributed by atoms with E-state index in [2.05, 4.69) is 0 Å². The minimum Gasteiger partial charge on any atom is -0.244 e. The summed E-state index contributed by atoms with van der Waals surface area (Å²) in [5, 5.41) is 0. The van der Waals surface area contributed by atoms with Gasteiger partial charge in [0.1, 0.15) is 24.7 Å². The Morgan fingerprint density at radius 3 is 1.35 bits per heavy atom. The quantitative estimate of drug-likeness (QED) is 0.642. The Balaban J connectivity index is 1.78. The zero-order chi connectivity index (χ0) is 12.4. The molecule has 6 atom stereocenters. The van der Waals surface area contributed by atoms with Crippen LogP contribution in [0.15, 0.2) is 0 Å². The standard InChI is InChI=1S/C13H20F4/c14-10-3-1-8(6-12(10)16)5-9-2-4-11(15)13(17)7-9/h8-13H,1-7H2. The average Bonchev–Trinajstić information content (AvgIpc) is 2.29. The second-order valence-corrected chi connectivity index (χ2v) is 5.66. The molecule has 0 bridgehead atoms. The Morgan fingerprint density at radius 1 is 0.588 bits per heavy atom. The molecule has 0 heterocycles. The highest BCUT2D eigenvalue weighted by Crippen LogP contribution is 2.38. The molecular weight excluding hydrogens is 232 g/mol. The molecule has 100 valence electrons. The van der Waals surface area contributed by atoms with Gasteiger partial charge in [-0.25, -0.2) is 17.6 Å². The Hall–Kier alpha value is -0.280. The van der Waals surface area contributed by atoms with Crippen molar-refractivity contribution in [2.24, 2.45) is 11.8 Å². The third kappa shape index (κ3) is 3.35. The zero-order valence-corrected chi connectivity index (χ0v) is 9.93. The summed E-state index contributed by atoms with van der Waals surface area (Å²) in [4.78, 5) is 0. The van der Waals surface area contributed by atoms with Gasteiger partial charge < -0.3 is 0 Å². The Morgan fingerprint density at radius 2 is 1.00 bits per heavy atom. The maximum atomic E-state index is 13.2. The van der Waals surface area contributed by atoms with Crippen molar-refractivity contribution in [3.63, 3.8) is 0 Å². The van der Waals surface area contributed by atoms with Crippen LogP contribution in [0.1, 0.15) is 44.9 Å². The van der Waals surface area contributed by atoms with Crippen LogP contribution in [0, 0.1) is 11.8 Å². The molecule has 2 aliphatic carbocycles. The minimum absolute atomic E-state index is 0.158. The Bertz CT molecular complexity index is 222. The molecule has 2 aliphatic rings. The van der Waals surface area contributed by atoms with Gasteiger partial charge in [0.2, 0.25) is 0 Å². The van der Waals surface area contributed by atoms with E-state index >= 15 is 0 Å². The van der Waals surface area contributed by atoms with Crippen LogP contribution in [0.4, 0.5) is 17.6 Å². The SMILES string of the molecule is FC1CCC(CC2CCC(F)C(F)C2)CC1F. The maximum absolute atomic E-state index is 13.2. The van der Waals surface area contributed by atoms with Gasteiger partial charge in [-0.2, -0.15) is 0 Å². The Labute approximate surface area is 99.8 Å². The van der Waals surface area contributed by atoms with Crippen LogP contribution in [0.25, 0.3) is 0 Å². The zero-order valence-electron chi connectivity index (χ0n) is 9.93. The molecule has 0 aliphatic heterocycles. The smallest absolute Gasteiger partial charge is 0.131 e. The van der Waals surface area contributed by atoms with Crippen molar-refractivity contribution in [2.75, 3.05) is 0 Å². The van der Waals surface area contributed by atoms with Gasteiger partial charge in [0.05, 0.1) is 0 Å². The van der Waals surface area contributed by atoms with Crippen LogP contribution in [-0.2, 0) is 0 Å². The largest absolute Gasteiger partial charge is 0.244 e. The summed E-state index contributed by atoms with van der Waals surface area (Å²) in [5.41, 5.74) is 0. The molecule has 2 saturated carbocycles. The lowest BCUT2D eigenvalue weighted by Crippen LogP contribution is -2.32. The van der Waals surface area contributed by atoms with Crippen molar-refractivity contribution in [1.29, 1.82) is 0 Å². The lowest BCUT2D eigenvalue weighted by atomic mass is 9.76. The third-order valence-corrected chi connectivity index (χ3v) is 4.27. The molecule has 17 heavy (non-hydrogen) atoms. The second kappa shape index (κ2) is 5.57. The molecule has 0 N–H and O–H groups in total. The topological polar surface area (TPSA) is 0 Å². The van der Waals surface area contributed by atoms with Crippen molar-refractivity contribution in [2.45, 2.75) is 69.6 Å². The van der Waals surface area contributed by atoms with E-state index in [1.54, 1.807) is 0 Å². The first kappa shape index (κ1) is 13.2. The van der Waals surface area contributed by atoms with Crippen molar-refractivity contribution >= 4 is 0 Å². The molecule has 0 radical (unpaired) electrons. The molecule has 0 aromatic rings. The van der Waals surface area contributed by atoms with Crippen molar-refractivity contribution < 1.29 is 17.6 Å². The van der Waals surface area contributed by atoms with Gasteiger partial charge >= 0.3 is 0 Å². The van der Waals surface area contributed by atoms with E-state index in [4.69, 9.17) is 0 Å². The first-order chi connectivity index (χ1) is 8.06. The van der Waals surface area contributed by atoms with Crippen LogP contribution in [0.2, 0.25) is 0 Å². The van der Waals surface area contributed by atoms with Gasteiger partial charge in [-0.1, -0.05) is 0 Å². The molecule has 0 amide bonds.